The van der Waals surface area contributed by atoms with E-state index in [1.54, 1.807) is 35.6 Å². The van der Waals surface area contributed by atoms with Crippen LogP contribution in [0.15, 0.2) is 109 Å². The van der Waals surface area contributed by atoms with E-state index < -0.39 is 5.97 Å². The molecule has 1 atom stereocenters. The average molecular weight is 560 g/mol. The van der Waals surface area contributed by atoms with E-state index in [2.05, 4.69) is 54.0 Å². The van der Waals surface area contributed by atoms with Crippen molar-refractivity contribution in [3.05, 3.63) is 142 Å². The summed E-state index contributed by atoms with van der Waals surface area (Å²) in [6.07, 6.45) is 0. The predicted octanol–water partition coefficient (Wildman–Crippen LogP) is 8.64. The fourth-order valence-electron chi connectivity index (χ4n) is 5.20. The molecule has 6 heteroatoms. The standard InChI is InChI=1S/C35H26FNO3S/c1-21(26-11-10-23-4-2-3-5-27(23)16-26)31-20-41-32-18-28(24-12-14-29(36)15-13-24)17-30(33(31)32)34(38)37-19-22-6-8-25(9-7-22)35(39)40/h2-18,20-21H,19H2,1H3,(H,37,38)(H,39,40)/t21-/m0/s1. The Bertz CT molecular complexity index is 1910. The number of thiophene rings is 1. The van der Waals surface area contributed by atoms with Gasteiger partial charge in [-0.05, 0) is 80.4 Å². The Balaban J connectivity index is 1.40. The van der Waals surface area contributed by atoms with Crippen molar-refractivity contribution in [3.8, 4) is 11.1 Å². The van der Waals surface area contributed by atoms with E-state index in [9.17, 15) is 19.1 Å². The first-order valence-corrected chi connectivity index (χ1v) is 14.2. The van der Waals surface area contributed by atoms with Crippen LogP contribution in [-0.2, 0) is 6.54 Å². The number of fused-ring (bicyclic) bond motifs is 2. The second-order valence-corrected chi connectivity index (χ2v) is 11.0. The fourth-order valence-corrected chi connectivity index (χ4v) is 6.31. The molecule has 0 aliphatic heterocycles. The summed E-state index contributed by atoms with van der Waals surface area (Å²) in [5.74, 6) is -1.50. The van der Waals surface area contributed by atoms with Crippen molar-refractivity contribution in [3.63, 3.8) is 0 Å². The van der Waals surface area contributed by atoms with E-state index >= 15 is 0 Å². The molecule has 1 heterocycles. The summed E-state index contributed by atoms with van der Waals surface area (Å²) in [7, 11) is 0. The molecule has 0 aliphatic rings. The first-order chi connectivity index (χ1) is 19.9. The molecule has 2 N–H and O–H groups in total. The number of carbonyl (C=O) groups is 2. The van der Waals surface area contributed by atoms with Gasteiger partial charge in [0.1, 0.15) is 5.82 Å². The Labute approximate surface area is 240 Å². The Morgan fingerprint density at radius 1 is 0.854 bits per heavy atom. The molecule has 0 spiro atoms. The number of benzene rings is 5. The van der Waals surface area contributed by atoms with E-state index in [1.807, 2.05) is 18.2 Å². The lowest BCUT2D eigenvalue weighted by Crippen LogP contribution is -2.23. The number of hydrogen-bond donors (Lipinski definition) is 2. The number of hydrogen-bond acceptors (Lipinski definition) is 3. The summed E-state index contributed by atoms with van der Waals surface area (Å²) >= 11 is 1.59. The zero-order valence-electron chi connectivity index (χ0n) is 22.2. The number of halogens is 1. The zero-order valence-corrected chi connectivity index (χ0v) is 23.0. The van der Waals surface area contributed by atoms with Gasteiger partial charge in [-0.15, -0.1) is 11.3 Å². The predicted molar refractivity (Wildman–Crippen MR) is 163 cm³/mol. The van der Waals surface area contributed by atoms with Gasteiger partial charge in [-0.25, -0.2) is 9.18 Å². The summed E-state index contributed by atoms with van der Waals surface area (Å²) in [6, 6.07) is 31.4. The molecule has 41 heavy (non-hydrogen) atoms. The lowest BCUT2D eigenvalue weighted by atomic mass is 9.89. The van der Waals surface area contributed by atoms with E-state index in [1.165, 1.54) is 35.0 Å². The SMILES string of the molecule is C[C@@H](c1ccc2ccccc2c1)c1csc2cc(-c3ccc(F)cc3)cc(C(=O)NCc3ccc(C(=O)O)cc3)c12. The lowest BCUT2D eigenvalue weighted by Gasteiger charge is -2.16. The molecule has 6 aromatic rings. The van der Waals surface area contributed by atoms with Crippen LogP contribution in [-0.4, -0.2) is 17.0 Å². The highest BCUT2D eigenvalue weighted by Gasteiger charge is 2.21. The van der Waals surface area contributed by atoms with Gasteiger partial charge in [0.05, 0.1) is 5.56 Å². The molecule has 0 radical (unpaired) electrons. The fraction of sp³-hybridized carbons (Fsp3) is 0.0857. The van der Waals surface area contributed by atoms with Gasteiger partial charge in [0.25, 0.3) is 5.91 Å². The normalized spacial score (nSPS) is 12.0. The number of aromatic carboxylic acids is 1. The molecule has 1 aromatic heterocycles. The van der Waals surface area contributed by atoms with Crippen molar-refractivity contribution in [1.82, 2.24) is 5.32 Å². The summed E-state index contributed by atoms with van der Waals surface area (Å²) in [5, 5.41) is 17.6. The van der Waals surface area contributed by atoms with Crippen molar-refractivity contribution in [2.75, 3.05) is 0 Å². The van der Waals surface area contributed by atoms with Gasteiger partial charge in [0.2, 0.25) is 0 Å². The number of carboxylic acids is 1. The maximum Gasteiger partial charge on any atom is 0.335 e. The number of carbonyl (C=O) groups excluding carboxylic acids is 1. The molecule has 0 unspecified atom stereocenters. The number of carboxylic acid groups (broad SMARTS) is 1. The van der Waals surface area contributed by atoms with E-state index in [4.69, 9.17) is 0 Å². The molecule has 0 fully saturated rings. The quantitative estimate of drug-likeness (QED) is 0.206. The number of rotatable bonds is 7. The molecule has 1 amide bonds. The van der Waals surface area contributed by atoms with E-state index in [0.29, 0.717) is 5.56 Å². The van der Waals surface area contributed by atoms with E-state index in [-0.39, 0.29) is 29.8 Å². The highest BCUT2D eigenvalue weighted by molar-refractivity contribution is 7.17. The third-order valence-corrected chi connectivity index (χ3v) is 8.47. The van der Waals surface area contributed by atoms with Crippen LogP contribution in [0.3, 0.4) is 0 Å². The van der Waals surface area contributed by atoms with Gasteiger partial charge in [-0.3, -0.25) is 4.79 Å². The van der Waals surface area contributed by atoms with Crippen molar-refractivity contribution < 1.29 is 19.1 Å². The molecular formula is C35H26FNO3S. The highest BCUT2D eigenvalue weighted by Crippen LogP contribution is 2.40. The molecule has 202 valence electrons. The third-order valence-electron chi connectivity index (χ3n) is 7.52. The summed E-state index contributed by atoms with van der Waals surface area (Å²) in [4.78, 5) is 25.0. The number of nitrogens with one attached hydrogen (secondary N) is 1. The Morgan fingerprint density at radius 2 is 1.59 bits per heavy atom. The van der Waals surface area contributed by atoms with Crippen LogP contribution in [0, 0.1) is 5.82 Å². The minimum Gasteiger partial charge on any atom is -0.478 e. The van der Waals surface area contributed by atoms with Crippen LogP contribution in [0.5, 0.6) is 0 Å². The lowest BCUT2D eigenvalue weighted by molar-refractivity contribution is 0.0696. The van der Waals surface area contributed by atoms with Crippen LogP contribution < -0.4 is 5.32 Å². The molecule has 0 saturated heterocycles. The van der Waals surface area contributed by atoms with Crippen molar-refractivity contribution in [2.45, 2.75) is 19.4 Å². The van der Waals surface area contributed by atoms with Crippen LogP contribution in [0.25, 0.3) is 32.0 Å². The monoisotopic (exact) mass is 559 g/mol. The van der Waals surface area contributed by atoms with Crippen LogP contribution in [0.2, 0.25) is 0 Å². The Kier molecular flexibility index (Phi) is 7.08. The second-order valence-electron chi connectivity index (χ2n) is 10.1. The largest absolute Gasteiger partial charge is 0.478 e. The highest BCUT2D eigenvalue weighted by atomic mass is 32.1. The molecular weight excluding hydrogens is 533 g/mol. The van der Waals surface area contributed by atoms with Gasteiger partial charge >= 0.3 is 5.97 Å². The Morgan fingerprint density at radius 3 is 2.32 bits per heavy atom. The van der Waals surface area contributed by atoms with E-state index in [0.717, 1.165) is 37.9 Å². The van der Waals surface area contributed by atoms with Gasteiger partial charge in [-0.2, -0.15) is 0 Å². The van der Waals surface area contributed by atoms with Gasteiger partial charge < -0.3 is 10.4 Å². The number of amides is 1. The summed E-state index contributed by atoms with van der Waals surface area (Å²) in [6.45, 7) is 2.41. The second kappa shape index (κ2) is 11.0. The molecule has 6 rings (SSSR count). The minimum absolute atomic E-state index is 0.0418. The zero-order chi connectivity index (χ0) is 28.5. The molecule has 0 saturated carbocycles. The molecule has 4 nitrogen and oxygen atoms in total. The first kappa shape index (κ1) is 26.4. The molecule has 0 aliphatic carbocycles. The van der Waals surface area contributed by atoms with Crippen molar-refractivity contribution >= 4 is 44.1 Å². The molecule has 5 aromatic carbocycles. The van der Waals surface area contributed by atoms with Crippen molar-refractivity contribution in [2.24, 2.45) is 0 Å². The summed E-state index contributed by atoms with van der Waals surface area (Å²) in [5.41, 5.74) is 5.43. The van der Waals surface area contributed by atoms with Gasteiger partial charge in [0.15, 0.2) is 0 Å². The van der Waals surface area contributed by atoms with Crippen molar-refractivity contribution in [1.29, 1.82) is 0 Å². The summed E-state index contributed by atoms with van der Waals surface area (Å²) < 4.78 is 14.6. The third kappa shape index (κ3) is 5.34. The maximum atomic E-state index is 13.8. The molecule has 0 bridgehead atoms. The topological polar surface area (TPSA) is 66.4 Å². The van der Waals surface area contributed by atoms with Crippen LogP contribution in [0.4, 0.5) is 4.39 Å². The van der Waals surface area contributed by atoms with Gasteiger partial charge in [0, 0.05) is 28.1 Å². The van der Waals surface area contributed by atoms with Crippen LogP contribution >= 0.6 is 11.3 Å². The average Bonchev–Trinajstić information content (AvgIpc) is 3.43. The van der Waals surface area contributed by atoms with Gasteiger partial charge in [-0.1, -0.05) is 73.7 Å². The first-order valence-electron chi connectivity index (χ1n) is 13.3. The Hall–Kier alpha value is -4.81. The maximum absolute atomic E-state index is 13.8. The smallest absolute Gasteiger partial charge is 0.335 e. The van der Waals surface area contributed by atoms with Crippen LogP contribution in [0.1, 0.15) is 50.2 Å². The minimum atomic E-state index is -0.994.